The van der Waals surface area contributed by atoms with E-state index >= 15 is 0 Å². The molecule has 0 aliphatic carbocycles. The highest BCUT2D eigenvalue weighted by molar-refractivity contribution is 9.10. The van der Waals surface area contributed by atoms with Crippen LogP contribution in [0.5, 0.6) is 0 Å². The molecule has 0 saturated carbocycles. The molecule has 2 N–H and O–H groups in total. The van der Waals surface area contributed by atoms with Gasteiger partial charge < -0.3 is 10.6 Å². The van der Waals surface area contributed by atoms with Crippen molar-refractivity contribution in [2.24, 2.45) is 0 Å². The van der Waals surface area contributed by atoms with Crippen LogP contribution in [0.4, 0.5) is 5.69 Å². The maximum atomic E-state index is 9.03. The van der Waals surface area contributed by atoms with Crippen LogP contribution in [0.15, 0.2) is 22.7 Å². The van der Waals surface area contributed by atoms with Crippen molar-refractivity contribution < 1.29 is 0 Å². The van der Waals surface area contributed by atoms with E-state index in [1.165, 1.54) is 12.8 Å². The molecule has 0 spiro atoms. The van der Waals surface area contributed by atoms with Crippen LogP contribution in [0.25, 0.3) is 0 Å². The van der Waals surface area contributed by atoms with Crippen LogP contribution in [0, 0.1) is 11.3 Å². The Morgan fingerprint density at radius 3 is 3.12 bits per heavy atom. The molecule has 90 valence electrons. The molecule has 0 amide bonds. The Morgan fingerprint density at radius 1 is 1.53 bits per heavy atom. The van der Waals surface area contributed by atoms with Crippen molar-refractivity contribution in [2.45, 2.75) is 25.3 Å². The molecule has 1 aromatic carbocycles. The summed E-state index contributed by atoms with van der Waals surface area (Å²) in [6, 6.07) is 8.60. The van der Waals surface area contributed by atoms with Crippen molar-refractivity contribution in [3.05, 3.63) is 28.2 Å². The molecule has 1 atom stereocenters. The van der Waals surface area contributed by atoms with Gasteiger partial charge in [0.25, 0.3) is 0 Å². The van der Waals surface area contributed by atoms with E-state index in [0.717, 1.165) is 29.7 Å². The lowest BCUT2D eigenvalue weighted by molar-refractivity contribution is 0.574. The summed E-state index contributed by atoms with van der Waals surface area (Å²) in [6.45, 7) is 2.06. The smallest absolute Gasteiger partial charge is 0.101 e. The SMILES string of the molecule is N#Cc1cc(Br)ccc1NCC[C@@H]1CCCN1. The minimum atomic E-state index is 0.642. The molecule has 4 heteroatoms. The first-order valence-corrected chi connectivity index (χ1v) is 6.76. The molecular formula is C13H16BrN3. The number of anilines is 1. The molecule has 0 aromatic heterocycles. The largest absolute Gasteiger partial charge is 0.384 e. The maximum absolute atomic E-state index is 9.03. The van der Waals surface area contributed by atoms with Crippen molar-refractivity contribution in [1.82, 2.24) is 5.32 Å². The molecule has 3 nitrogen and oxygen atoms in total. The van der Waals surface area contributed by atoms with Crippen LogP contribution < -0.4 is 10.6 Å². The standard InChI is InChI=1S/C13H16BrN3/c14-11-3-4-13(10(8-11)9-15)17-7-5-12-2-1-6-16-12/h3-4,8,12,16-17H,1-2,5-7H2/t12-/m0/s1. The van der Waals surface area contributed by atoms with Gasteiger partial charge in [-0.05, 0) is 44.0 Å². The lowest BCUT2D eigenvalue weighted by atomic mass is 10.1. The monoisotopic (exact) mass is 293 g/mol. The van der Waals surface area contributed by atoms with Crippen molar-refractivity contribution in [3.8, 4) is 6.07 Å². The van der Waals surface area contributed by atoms with Gasteiger partial charge in [-0.1, -0.05) is 15.9 Å². The Hall–Kier alpha value is -1.05. The van der Waals surface area contributed by atoms with Gasteiger partial charge in [0.05, 0.1) is 11.3 Å². The number of benzene rings is 1. The second-order valence-electron chi connectivity index (χ2n) is 4.31. The van der Waals surface area contributed by atoms with Gasteiger partial charge in [-0.25, -0.2) is 0 Å². The van der Waals surface area contributed by atoms with Gasteiger partial charge >= 0.3 is 0 Å². The maximum Gasteiger partial charge on any atom is 0.101 e. The first kappa shape index (κ1) is 12.4. The predicted octanol–water partition coefficient (Wildman–Crippen LogP) is 2.87. The van der Waals surface area contributed by atoms with Gasteiger partial charge in [-0.15, -0.1) is 0 Å². The number of hydrogen-bond donors (Lipinski definition) is 2. The first-order valence-electron chi connectivity index (χ1n) is 5.96. The molecule has 1 aliphatic heterocycles. The zero-order chi connectivity index (χ0) is 12.1. The molecule has 1 aromatic rings. The summed E-state index contributed by atoms with van der Waals surface area (Å²) in [5.41, 5.74) is 1.62. The minimum Gasteiger partial charge on any atom is -0.384 e. The van der Waals surface area contributed by atoms with E-state index in [1.54, 1.807) is 0 Å². The van der Waals surface area contributed by atoms with E-state index in [4.69, 9.17) is 5.26 Å². The van der Waals surface area contributed by atoms with Crippen LogP contribution in [-0.2, 0) is 0 Å². The Balaban J connectivity index is 1.88. The highest BCUT2D eigenvalue weighted by Crippen LogP contribution is 2.20. The van der Waals surface area contributed by atoms with E-state index in [-0.39, 0.29) is 0 Å². The van der Waals surface area contributed by atoms with E-state index in [9.17, 15) is 0 Å². The van der Waals surface area contributed by atoms with Gasteiger partial charge in [-0.3, -0.25) is 0 Å². The molecule has 2 rings (SSSR count). The summed E-state index contributed by atoms with van der Waals surface area (Å²) in [4.78, 5) is 0. The Kier molecular flexibility index (Phi) is 4.41. The van der Waals surface area contributed by atoms with Gasteiger partial charge in [0.1, 0.15) is 6.07 Å². The molecule has 17 heavy (non-hydrogen) atoms. The lowest BCUT2D eigenvalue weighted by Crippen LogP contribution is -2.24. The topological polar surface area (TPSA) is 47.9 Å². The number of rotatable bonds is 4. The molecule has 1 saturated heterocycles. The normalized spacial score (nSPS) is 18.9. The highest BCUT2D eigenvalue weighted by Gasteiger charge is 2.13. The van der Waals surface area contributed by atoms with Crippen LogP contribution in [0.1, 0.15) is 24.8 Å². The second kappa shape index (κ2) is 6.04. The van der Waals surface area contributed by atoms with E-state index in [2.05, 4.69) is 32.6 Å². The van der Waals surface area contributed by atoms with E-state index < -0.39 is 0 Å². The Labute approximate surface area is 110 Å². The Morgan fingerprint density at radius 2 is 2.41 bits per heavy atom. The molecule has 0 unspecified atom stereocenters. The number of halogens is 1. The molecule has 1 fully saturated rings. The molecule has 1 aliphatic rings. The van der Waals surface area contributed by atoms with Gasteiger partial charge in [-0.2, -0.15) is 5.26 Å². The van der Waals surface area contributed by atoms with Crippen LogP contribution in [0.2, 0.25) is 0 Å². The zero-order valence-corrected chi connectivity index (χ0v) is 11.3. The fourth-order valence-electron chi connectivity index (χ4n) is 2.15. The van der Waals surface area contributed by atoms with Gasteiger partial charge in [0.15, 0.2) is 0 Å². The second-order valence-corrected chi connectivity index (χ2v) is 5.23. The summed E-state index contributed by atoms with van der Waals surface area (Å²) in [7, 11) is 0. The zero-order valence-electron chi connectivity index (χ0n) is 9.67. The third-order valence-corrected chi connectivity index (χ3v) is 3.57. The number of nitriles is 1. The summed E-state index contributed by atoms with van der Waals surface area (Å²) >= 11 is 3.37. The van der Waals surface area contributed by atoms with E-state index in [0.29, 0.717) is 11.6 Å². The third kappa shape index (κ3) is 3.45. The molecular weight excluding hydrogens is 278 g/mol. The summed E-state index contributed by atoms with van der Waals surface area (Å²) in [5, 5.41) is 15.8. The number of hydrogen-bond acceptors (Lipinski definition) is 3. The van der Waals surface area contributed by atoms with Crippen LogP contribution in [-0.4, -0.2) is 19.1 Å². The van der Waals surface area contributed by atoms with E-state index in [1.807, 2.05) is 18.2 Å². The highest BCUT2D eigenvalue weighted by atomic mass is 79.9. The third-order valence-electron chi connectivity index (χ3n) is 3.07. The molecule has 0 radical (unpaired) electrons. The molecule has 1 heterocycles. The quantitative estimate of drug-likeness (QED) is 0.897. The van der Waals surface area contributed by atoms with Crippen molar-refractivity contribution in [3.63, 3.8) is 0 Å². The number of nitrogens with zero attached hydrogens (tertiary/aromatic N) is 1. The summed E-state index contributed by atoms with van der Waals surface area (Å²) in [6.07, 6.45) is 3.67. The van der Waals surface area contributed by atoms with Gasteiger partial charge in [0, 0.05) is 17.1 Å². The average molecular weight is 294 g/mol. The van der Waals surface area contributed by atoms with Crippen molar-refractivity contribution in [2.75, 3.05) is 18.4 Å². The van der Waals surface area contributed by atoms with Crippen molar-refractivity contribution >= 4 is 21.6 Å². The fourth-order valence-corrected chi connectivity index (χ4v) is 2.51. The minimum absolute atomic E-state index is 0.642. The van der Waals surface area contributed by atoms with Crippen molar-refractivity contribution in [1.29, 1.82) is 5.26 Å². The van der Waals surface area contributed by atoms with Gasteiger partial charge in [0.2, 0.25) is 0 Å². The lowest BCUT2D eigenvalue weighted by Gasteiger charge is -2.12. The summed E-state index contributed by atoms with van der Waals surface area (Å²) in [5.74, 6) is 0. The average Bonchev–Trinajstić information content (AvgIpc) is 2.84. The Bertz CT molecular complexity index is 419. The first-order chi connectivity index (χ1) is 8.29. The van der Waals surface area contributed by atoms with Crippen LogP contribution in [0.3, 0.4) is 0 Å². The molecule has 0 bridgehead atoms. The summed E-state index contributed by atoms with van der Waals surface area (Å²) < 4.78 is 0.942. The fraction of sp³-hybridized carbons (Fsp3) is 0.462. The predicted molar refractivity (Wildman–Crippen MR) is 73.0 cm³/mol. The number of nitrogens with one attached hydrogen (secondary N) is 2. The van der Waals surface area contributed by atoms with Crippen LogP contribution >= 0.6 is 15.9 Å².